The Hall–Kier alpha value is -0.520. The van der Waals surface area contributed by atoms with Crippen LogP contribution in [-0.4, -0.2) is 23.9 Å². The third-order valence-electron chi connectivity index (χ3n) is 2.57. The van der Waals surface area contributed by atoms with Crippen LogP contribution in [0.4, 0.5) is 0 Å². The molecule has 1 aliphatic rings. The van der Waals surface area contributed by atoms with Crippen molar-refractivity contribution in [1.29, 1.82) is 0 Å². The maximum Gasteiger partial charge on any atom is 0.0862 e. The summed E-state index contributed by atoms with van der Waals surface area (Å²) in [6.07, 6.45) is 3.65. The van der Waals surface area contributed by atoms with Gasteiger partial charge in [-0.3, -0.25) is 0 Å². The van der Waals surface area contributed by atoms with Crippen LogP contribution < -0.4 is 0 Å². The molecule has 14 heavy (non-hydrogen) atoms. The van der Waals surface area contributed by atoms with Gasteiger partial charge in [-0.25, -0.2) is 0 Å². The molecule has 80 valence electrons. The average Bonchev–Trinajstić information content (AvgIpc) is 2.98. The zero-order valence-electron chi connectivity index (χ0n) is 9.12. The van der Waals surface area contributed by atoms with Gasteiger partial charge in [-0.15, -0.1) is 11.8 Å². The standard InChI is InChI=1S/C12H20O2/c1-3-5-6-7-11(13)12(14-4-2)10-8-9-10/h10-13H,4,6-9H2,1-2H3. The van der Waals surface area contributed by atoms with Crippen LogP contribution >= 0.6 is 0 Å². The minimum Gasteiger partial charge on any atom is -0.390 e. The molecule has 0 amide bonds. The summed E-state index contributed by atoms with van der Waals surface area (Å²) in [5.41, 5.74) is 0. The Bertz CT molecular complexity index is 210. The van der Waals surface area contributed by atoms with Crippen molar-refractivity contribution in [3.63, 3.8) is 0 Å². The molecule has 0 radical (unpaired) electrons. The van der Waals surface area contributed by atoms with E-state index in [9.17, 15) is 5.11 Å². The monoisotopic (exact) mass is 196 g/mol. The third-order valence-corrected chi connectivity index (χ3v) is 2.57. The summed E-state index contributed by atoms with van der Waals surface area (Å²) in [7, 11) is 0. The van der Waals surface area contributed by atoms with Gasteiger partial charge in [-0.2, -0.15) is 0 Å². The van der Waals surface area contributed by atoms with Crippen LogP contribution in [0.15, 0.2) is 0 Å². The first kappa shape index (κ1) is 11.6. The van der Waals surface area contributed by atoms with Crippen molar-refractivity contribution in [2.75, 3.05) is 6.61 Å². The summed E-state index contributed by atoms with van der Waals surface area (Å²) >= 11 is 0. The van der Waals surface area contributed by atoms with E-state index in [0.717, 1.165) is 12.8 Å². The fourth-order valence-electron chi connectivity index (χ4n) is 1.69. The second kappa shape index (κ2) is 6.06. The second-order valence-corrected chi connectivity index (χ2v) is 3.79. The summed E-state index contributed by atoms with van der Waals surface area (Å²) in [5, 5.41) is 9.88. The van der Waals surface area contributed by atoms with Gasteiger partial charge in [-0.05, 0) is 39.0 Å². The number of aliphatic hydroxyl groups excluding tert-OH is 1. The first-order valence-corrected chi connectivity index (χ1v) is 5.48. The van der Waals surface area contributed by atoms with Gasteiger partial charge in [-0.1, -0.05) is 0 Å². The van der Waals surface area contributed by atoms with E-state index < -0.39 is 0 Å². The number of rotatable bonds is 6. The minimum absolute atomic E-state index is 0.0543. The second-order valence-electron chi connectivity index (χ2n) is 3.79. The van der Waals surface area contributed by atoms with Crippen LogP contribution in [0.1, 0.15) is 39.5 Å². The molecule has 2 unspecified atom stereocenters. The van der Waals surface area contributed by atoms with Crippen LogP contribution in [0.2, 0.25) is 0 Å². The van der Waals surface area contributed by atoms with Crippen molar-refractivity contribution in [1.82, 2.24) is 0 Å². The largest absolute Gasteiger partial charge is 0.390 e. The van der Waals surface area contributed by atoms with E-state index in [-0.39, 0.29) is 12.2 Å². The van der Waals surface area contributed by atoms with Crippen molar-refractivity contribution in [3.05, 3.63) is 0 Å². The molecule has 1 fully saturated rings. The van der Waals surface area contributed by atoms with Gasteiger partial charge in [0.1, 0.15) is 0 Å². The zero-order valence-corrected chi connectivity index (χ0v) is 9.12. The average molecular weight is 196 g/mol. The van der Waals surface area contributed by atoms with E-state index in [4.69, 9.17) is 4.74 Å². The maximum absolute atomic E-state index is 9.88. The van der Waals surface area contributed by atoms with Crippen LogP contribution in [0.3, 0.4) is 0 Å². The fraction of sp³-hybridized carbons (Fsp3) is 0.833. The molecule has 0 bridgehead atoms. The Kier molecular flexibility index (Phi) is 5.00. The molecule has 0 saturated heterocycles. The number of ether oxygens (including phenoxy) is 1. The topological polar surface area (TPSA) is 29.5 Å². The molecule has 0 spiro atoms. The number of hydrogen-bond acceptors (Lipinski definition) is 2. The fourth-order valence-corrected chi connectivity index (χ4v) is 1.69. The Morgan fingerprint density at radius 2 is 2.21 bits per heavy atom. The lowest BCUT2D eigenvalue weighted by Gasteiger charge is -2.21. The van der Waals surface area contributed by atoms with Crippen molar-refractivity contribution in [3.8, 4) is 11.8 Å². The highest BCUT2D eigenvalue weighted by molar-refractivity contribution is 4.96. The van der Waals surface area contributed by atoms with E-state index in [1.54, 1.807) is 0 Å². The molecule has 0 aromatic rings. The molecule has 0 aliphatic heterocycles. The van der Waals surface area contributed by atoms with Crippen molar-refractivity contribution in [2.24, 2.45) is 5.92 Å². The van der Waals surface area contributed by atoms with Gasteiger partial charge in [0.25, 0.3) is 0 Å². The molecule has 2 atom stereocenters. The quantitative estimate of drug-likeness (QED) is 0.658. The van der Waals surface area contributed by atoms with Gasteiger partial charge in [0.05, 0.1) is 12.2 Å². The molecule has 0 heterocycles. The molecule has 1 rings (SSSR count). The predicted octanol–water partition coefficient (Wildman–Crippen LogP) is 1.97. The van der Waals surface area contributed by atoms with Gasteiger partial charge in [0.2, 0.25) is 0 Å². The normalized spacial score (nSPS) is 19.6. The summed E-state index contributed by atoms with van der Waals surface area (Å²) in [6.45, 7) is 4.50. The highest BCUT2D eigenvalue weighted by atomic mass is 16.5. The van der Waals surface area contributed by atoms with Crippen LogP contribution in [0.5, 0.6) is 0 Å². The predicted molar refractivity (Wildman–Crippen MR) is 56.8 cm³/mol. The summed E-state index contributed by atoms with van der Waals surface area (Å²) in [4.78, 5) is 0. The maximum atomic E-state index is 9.88. The SMILES string of the molecule is CC#CCCC(O)C(OCC)C1CC1. The Labute approximate surface area is 86.7 Å². The Balaban J connectivity index is 2.28. The zero-order chi connectivity index (χ0) is 10.4. The van der Waals surface area contributed by atoms with E-state index in [0.29, 0.717) is 12.5 Å². The Morgan fingerprint density at radius 3 is 2.71 bits per heavy atom. The lowest BCUT2D eigenvalue weighted by molar-refractivity contribution is -0.0468. The lowest BCUT2D eigenvalue weighted by Crippen LogP contribution is -2.31. The first-order chi connectivity index (χ1) is 6.79. The van der Waals surface area contributed by atoms with E-state index in [1.807, 2.05) is 13.8 Å². The van der Waals surface area contributed by atoms with E-state index in [1.165, 1.54) is 12.8 Å². The molecule has 1 N–H and O–H groups in total. The van der Waals surface area contributed by atoms with Crippen molar-refractivity contribution in [2.45, 2.75) is 51.7 Å². The Morgan fingerprint density at radius 1 is 1.50 bits per heavy atom. The van der Waals surface area contributed by atoms with E-state index in [2.05, 4.69) is 11.8 Å². The van der Waals surface area contributed by atoms with Crippen LogP contribution in [0, 0.1) is 17.8 Å². The smallest absolute Gasteiger partial charge is 0.0862 e. The molecule has 1 saturated carbocycles. The lowest BCUT2D eigenvalue weighted by atomic mass is 10.0. The van der Waals surface area contributed by atoms with Crippen LogP contribution in [0.25, 0.3) is 0 Å². The van der Waals surface area contributed by atoms with Gasteiger partial charge in [0, 0.05) is 13.0 Å². The molecule has 2 nitrogen and oxygen atoms in total. The number of aliphatic hydroxyl groups is 1. The van der Waals surface area contributed by atoms with Gasteiger partial charge in [0.15, 0.2) is 0 Å². The van der Waals surface area contributed by atoms with Gasteiger partial charge < -0.3 is 9.84 Å². The molecule has 2 heteroatoms. The van der Waals surface area contributed by atoms with Crippen molar-refractivity contribution < 1.29 is 9.84 Å². The molecular weight excluding hydrogens is 176 g/mol. The third kappa shape index (κ3) is 3.69. The summed E-state index contributed by atoms with van der Waals surface area (Å²) in [6, 6.07) is 0. The number of hydrogen-bond donors (Lipinski definition) is 1. The molecular formula is C12H20O2. The first-order valence-electron chi connectivity index (χ1n) is 5.48. The highest BCUT2D eigenvalue weighted by Gasteiger charge is 2.36. The highest BCUT2D eigenvalue weighted by Crippen LogP contribution is 2.36. The minimum atomic E-state index is -0.330. The summed E-state index contributed by atoms with van der Waals surface area (Å²) in [5.74, 6) is 6.40. The summed E-state index contributed by atoms with van der Waals surface area (Å²) < 4.78 is 5.56. The van der Waals surface area contributed by atoms with E-state index >= 15 is 0 Å². The van der Waals surface area contributed by atoms with Crippen LogP contribution in [-0.2, 0) is 4.74 Å². The molecule has 0 aromatic heterocycles. The molecule has 1 aliphatic carbocycles. The van der Waals surface area contributed by atoms with Crippen molar-refractivity contribution >= 4 is 0 Å². The molecule has 0 aromatic carbocycles. The van der Waals surface area contributed by atoms with Gasteiger partial charge >= 0.3 is 0 Å².